The van der Waals surface area contributed by atoms with E-state index in [1.807, 2.05) is 42.5 Å². The molecule has 2 heterocycles. The third-order valence-corrected chi connectivity index (χ3v) is 3.93. The van der Waals surface area contributed by atoms with E-state index in [0.29, 0.717) is 28.8 Å². The summed E-state index contributed by atoms with van der Waals surface area (Å²) in [5.41, 5.74) is 7.72. The van der Waals surface area contributed by atoms with E-state index in [1.165, 1.54) is 9.08 Å². The molecule has 7 heteroatoms. The molecule has 7 nitrogen and oxygen atoms in total. The third-order valence-electron chi connectivity index (χ3n) is 3.93. The first-order valence-electron chi connectivity index (χ1n) is 7.44. The monoisotopic (exact) mass is 321 g/mol. The minimum atomic E-state index is -0.316. The summed E-state index contributed by atoms with van der Waals surface area (Å²) in [6, 6.07) is 15.1. The van der Waals surface area contributed by atoms with E-state index in [1.54, 1.807) is 13.2 Å². The van der Waals surface area contributed by atoms with E-state index < -0.39 is 0 Å². The van der Waals surface area contributed by atoms with Crippen molar-refractivity contribution in [3.05, 3.63) is 64.6 Å². The topological polar surface area (TPSA) is 87.4 Å². The molecule has 0 atom stereocenters. The molecule has 0 aliphatic rings. The number of hydrogen-bond donors (Lipinski definition) is 1. The fourth-order valence-corrected chi connectivity index (χ4v) is 2.80. The van der Waals surface area contributed by atoms with Gasteiger partial charge in [-0.15, -0.1) is 5.10 Å². The number of anilines is 1. The van der Waals surface area contributed by atoms with Crippen molar-refractivity contribution < 1.29 is 4.74 Å². The number of nitrogens with two attached hydrogens (primary N) is 1. The highest BCUT2D eigenvalue weighted by atomic mass is 16.5. The van der Waals surface area contributed by atoms with Crippen molar-refractivity contribution in [2.24, 2.45) is 0 Å². The number of hydrogen-bond acceptors (Lipinski definition) is 5. The summed E-state index contributed by atoms with van der Waals surface area (Å²) in [4.78, 5) is 17.0. The Morgan fingerprint density at radius 2 is 1.92 bits per heavy atom. The number of nitrogen functional groups attached to an aromatic ring is 1. The lowest BCUT2D eigenvalue weighted by molar-refractivity contribution is 0.419. The Balaban J connectivity index is 1.99. The minimum Gasteiger partial charge on any atom is -0.494 e. The number of methoxy groups -OCH3 is 1. The highest BCUT2D eigenvalue weighted by molar-refractivity contribution is 5.95. The predicted molar refractivity (Wildman–Crippen MR) is 91.3 cm³/mol. The van der Waals surface area contributed by atoms with Crippen molar-refractivity contribution >= 4 is 22.5 Å². The second-order valence-electron chi connectivity index (χ2n) is 5.41. The first-order valence-corrected chi connectivity index (χ1v) is 7.44. The van der Waals surface area contributed by atoms with Gasteiger partial charge < -0.3 is 10.5 Å². The van der Waals surface area contributed by atoms with Crippen molar-refractivity contribution in [2.45, 2.75) is 6.54 Å². The third kappa shape index (κ3) is 2.10. The lowest BCUT2D eigenvalue weighted by Crippen LogP contribution is -2.23. The second kappa shape index (κ2) is 5.38. The van der Waals surface area contributed by atoms with Gasteiger partial charge in [0, 0.05) is 5.39 Å². The molecule has 0 unspecified atom stereocenters. The second-order valence-corrected chi connectivity index (χ2v) is 5.41. The van der Waals surface area contributed by atoms with E-state index >= 15 is 0 Å². The Bertz CT molecular complexity index is 1100. The summed E-state index contributed by atoms with van der Waals surface area (Å²) in [6.07, 6.45) is 0. The van der Waals surface area contributed by atoms with Crippen molar-refractivity contribution in [1.29, 1.82) is 0 Å². The van der Waals surface area contributed by atoms with Crippen LogP contribution in [0.2, 0.25) is 0 Å². The lowest BCUT2D eigenvalue weighted by Gasteiger charge is -2.06. The molecule has 120 valence electrons. The molecule has 0 saturated heterocycles. The summed E-state index contributed by atoms with van der Waals surface area (Å²) in [7, 11) is 1.57. The molecule has 0 spiro atoms. The molecule has 4 rings (SSSR count). The zero-order valence-corrected chi connectivity index (χ0v) is 13.0. The summed E-state index contributed by atoms with van der Waals surface area (Å²) in [5, 5.41) is 5.18. The molecule has 4 aromatic rings. The minimum absolute atomic E-state index is 0.0892. The quantitative estimate of drug-likeness (QED) is 0.620. The molecular formula is C17H15N5O2. The zero-order chi connectivity index (χ0) is 16.7. The molecule has 0 aliphatic carbocycles. The van der Waals surface area contributed by atoms with E-state index in [-0.39, 0.29) is 11.6 Å². The van der Waals surface area contributed by atoms with Gasteiger partial charge in [0.2, 0.25) is 5.95 Å². The number of benzene rings is 2. The van der Waals surface area contributed by atoms with Crippen LogP contribution in [0.1, 0.15) is 5.56 Å². The van der Waals surface area contributed by atoms with Gasteiger partial charge in [-0.2, -0.15) is 0 Å². The van der Waals surface area contributed by atoms with Gasteiger partial charge in [-0.05, 0) is 17.7 Å². The van der Waals surface area contributed by atoms with Crippen LogP contribution in [0.5, 0.6) is 5.75 Å². The Hall–Kier alpha value is -3.35. The van der Waals surface area contributed by atoms with Crippen LogP contribution in [0.15, 0.2) is 53.3 Å². The normalized spacial score (nSPS) is 11.2. The van der Waals surface area contributed by atoms with Crippen LogP contribution in [0.25, 0.3) is 16.6 Å². The number of rotatable bonds is 3. The van der Waals surface area contributed by atoms with Crippen LogP contribution in [-0.2, 0) is 6.54 Å². The number of ether oxygens (including phenoxy) is 1. The molecule has 0 amide bonds. The van der Waals surface area contributed by atoms with Gasteiger partial charge in [0.1, 0.15) is 11.3 Å². The molecule has 2 aromatic carbocycles. The van der Waals surface area contributed by atoms with Crippen LogP contribution < -0.4 is 16.2 Å². The fraction of sp³-hybridized carbons (Fsp3) is 0.118. The largest absolute Gasteiger partial charge is 0.494 e. The van der Waals surface area contributed by atoms with Crippen molar-refractivity contribution in [3.63, 3.8) is 0 Å². The standard InChI is InChI=1S/C17H15N5O2/c1-24-13-9-5-8-12-14(13)19-16(18)22-15(12)20-21(17(22)23)10-11-6-3-2-4-7-11/h2-9H,10H2,1H3,(H2,18,19). The van der Waals surface area contributed by atoms with Crippen molar-refractivity contribution in [2.75, 3.05) is 12.8 Å². The Labute approximate surface area is 136 Å². The fourth-order valence-electron chi connectivity index (χ4n) is 2.80. The summed E-state index contributed by atoms with van der Waals surface area (Å²) in [5.74, 6) is 0.679. The molecule has 2 N–H and O–H groups in total. The Kier molecular flexibility index (Phi) is 3.19. The Morgan fingerprint density at radius 3 is 2.67 bits per heavy atom. The molecule has 0 bridgehead atoms. The lowest BCUT2D eigenvalue weighted by atomic mass is 10.2. The van der Waals surface area contributed by atoms with Gasteiger partial charge in [-0.25, -0.2) is 18.9 Å². The van der Waals surface area contributed by atoms with E-state index in [4.69, 9.17) is 10.5 Å². The summed E-state index contributed by atoms with van der Waals surface area (Å²) in [6.45, 7) is 0.367. The van der Waals surface area contributed by atoms with E-state index in [0.717, 1.165) is 5.56 Å². The average Bonchev–Trinajstić information content (AvgIpc) is 2.93. The molecular weight excluding hydrogens is 306 g/mol. The van der Waals surface area contributed by atoms with Crippen LogP contribution in [-0.4, -0.2) is 26.3 Å². The highest BCUT2D eigenvalue weighted by Crippen LogP contribution is 2.26. The van der Waals surface area contributed by atoms with E-state index in [9.17, 15) is 4.79 Å². The first kappa shape index (κ1) is 14.3. The van der Waals surface area contributed by atoms with Crippen LogP contribution in [0.3, 0.4) is 0 Å². The number of fused-ring (bicyclic) bond motifs is 3. The molecule has 0 fully saturated rings. The van der Waals surface area contributed by atoms with Gasteiger partial charge in [-0.1, -0.05) is 36.4 Å². The van der Waals surface area contributed by atoms with Crippen molar-refractivity contribution in [1.82, 2.24) is 19.2 Å². The highest BCUT2D eigenvalue weighted by Gasteiger charge is 2.16. The van der Waals surface area contributed by atoms with Crippen LogP contribution >= 0.6 is 0 Å². The number of aromatic nitrogens is 4. The average molecular weight is 321 g/mol. The maximum absolute atomic E-state index is 12.7. The maximum Gasteiger partial charge on any atom is 0.353 e. The van der Waals surface area contributed by atoms with Gasteiger partial charge in [0.05, 0.1) is 13.7 Å². The van der Waals surface area contributed by atoms with Gasteiger partial charge >= 0.3 is 5.69 Å². The summed E-state index contributed by atoms with van der Waals surface area (Å²) < 4.78 is 8.04. The maximum atomic E-state index is 12.7. The molecule has 0 aliphatic heterocycles. The van der Waals surface area contributed by atoms with Crippen molar-refractivity contribution in [3.8, 4) is 5.75 Å². The zero-order valence-electron chi connectivity index (χ0n) is 13.0. The Morgan fingerprint density at radius 1 is 1.12 bits per heavy atom. The van der Waals surface area contributed by atoms with Crippen LogP contribution in [0, 0.1) is 0 Å². The van der Waals surface area contributed by atoms with Gasteiger partial charge in [-0.3, -0.25) is 0 Å². The molecule has 0 radical (unpaired) electrons. The molecule has 2 aromatic heterocycles. The molecule has 24 heavy (non-hydrogen) atoms. The van der Waals surface area contributed by atoms with Gasteiger partial charge in [0.15, 0.2) is 5.65 Å². The SMILES string of the molecule is COc1cccc2c1nc(N)n1c(=O)n(Cc3ccccc3)nc21. The number of para-hydroxylation sites is 1. The predicted octanol–water partition coefficient (Wildman–Crippen LogP) is 1.68. The smallest absolute Gasteiger partial charge is 0.353 e. The van der Waals surface area contributed by atoms with Gasteiger partial charge in [0.25, 0.3) is 0 Å². The summed E-state index contributed by atoms with van der Waals surface area (Å²) >= 11 is 0. The van der Waals surface area contributed by atoms with E-state index in [2.05, 4.69) is 10.1 Å². The molecule has 0 saturated carbocycles. The van der Waals surface area contributed by atoms with Crippen LogP contribution in [0.4, 0.5) is 5.95 Å². The number of nitrogens with zero attached hydrogens (tertiary/aromatic N) is 4. The first-order chi connectivity index (χ1) is 11.7.